The predicted molar refractivity (Wildman–Crippen MR) is 111 cm³/mol. The fourth-order valence-electron chi connectivity index (χ4n) is 2.71. The molecule has 0 radical (unpaired) electrons. The number of ether oxygens (including phenoxy) is 1. The van der Waals surface area contributed by atoms with Gasteiger partial charge in [-0.1, -0.05) is 24.3 Å². The number of halogens is 1. The van der Waals surface area contributed by atoms with Gasteiger partial charge in [0.15, 0.2) is 5.82 Å². The molecule has 2 heterocycles. The quantitative estimate of drug-likeness (QED) is 0.480. The van der Waals surface area contributed by atoms with Crippen LogP contribution in [0.1, 0.15) is 27.4 Å². The maximum absolute atomic E-state index is 13.0. The van der Waals surface area contributed by atoms with E-state index in [2.05, 4.69) is 19.7 Å². The van der Waals surface area contributed by atoms with Crippen LogP contribution in [0.3, 0.4) is 0 Å². The summed E-state index contributed by atoms with van der Waals surface area (Å²) in [7, 11) is 0. The van der Waals surface area contributed by atoms with Gasteiger partial charge in [-0.25, -0.2) is 4.39 Å². The smallest absolute Gasteiger partial charge is 0.298 e. The van der Waals surface area contributed by atoms with Gasteiger partial charge >= 0.3 is 0 Å². The molecule has 0 bridgehead atoms. The topological polar surface area (TPSA) is 77.0 Å². The van der Waals surface area contributed by atoms with Crippen LogP contribution in [0, 0.1) is 5.82 Å². The Morgan fingerprint density at radius 1 is 1.07 bits per heavy atom. The van der Waals surface area contributed by atoms with Crippen LogP contribution in [0.4, 0.5) is 4.39 Å². The van der Waals surface area contributed by atoms with Gasteiger partial charge in [0.2, 0.25) is 0 Å². The molecule has 0 spiro atoms. The summed E-state index contributed by atoms with van der Waals surface area (Å²) in [6, 6.07) is 18.6. The van der Waals surface area contributed by atoms with Crippen LogP contribution in [0.5, 0.6) is 10.9 Å². The molecule has 1 N–H and O–H groups in total. The number of hydrogen-bond acceptors (Lipinski definition) is 6. The molecule has 0 fully saturated rings. The Morgan fingerprint density at radius 3 is 2.73 bits per heavy atom. The maximum atomic E-state index is 13.0. The lowest BCUT2D eigenvalue weighted by Gasteiger charge is -2.06. The Kier molecular flexibility index (Phi) is 6.05. The van der Waals surface area contributed by atoms with Crippen molar-refractivity contribution in [3.05, 3.63) is 101 Å². The van der Waals surface area contributed by atoms with E-state index in [0.717, 1.165) is 22.8 Å². The van der Waals surface area contributed by atoms with Crippen molar-refractivity contribution in [1.29, 1.82) is 0 Å². The molecule has 0 atom stereocenters. The summed E-state index contributed by atoms with van der Waals surface area (Å²) < 4.78 is 23.1. The number of hydrogen-bond donors (Lipinski definition) is 1. The standard InChI is InChI=1S/C22H17FN4O2S/c23-17-9-7-15(8-10-17)12-20-26-22(30-27-20)29-19-6-3-4-16(13-19)21(28)25-14-18-5-1-2-11-24-18/h1-11,13H,12,14H2,(H,25,28). The van der Waals surface area contributed by atoms with E-state index in [1.807, 2.05) is 18.2 Å². The predicted octanol–water partition coefficient (Wildman–Crippen LogP) is 4.39. The first kappa shape index (κ1) is 19.7. The van der Waals surface area contributed by atoms with E-state index in [9.17, 15) is 9.18 Å². The molecule has 6 nitrogen and oxygen atoms in total. The first-order chi connectivity index (χ1) is 14.7. The molecule has 4 aromatic rings. The molecular formula is C22H17FN4O2S. The number of carbonyl (C=O) groups is 1. The lowest BCUT2D eigenvalue weighted by atomic mass is 10.1. The van der Waals surface area contributed by atoms with Crippen molar-refractivity contribution >= 4 is 17.4 Å². The summed E-state index contributed by atoms with van der Waals surface area (Å²) in [5, 5.41) is 3.21. The van der Waals surface area contributed by atoms with Crippen LogP contribution in [-0.4, -0.2) is 20.2 Å². The van der Waals surface area contributed by atoms with E-state index in [1.165, 1.54) is 12.1 Å². The van der Waals surface area contributed by atoms with E-state index in [0.29, 0.717) is 35.3 Å². The maximum Gasteiger partial charge on any atom is 0.298 e. The number of nitrogens with one attached hydrogen (secondary N) is 1. The largest absolute Gasteiger partial charge is 0.430 e. The molecule has 0 saturated carbocycles. The molecule has 1 amide bonds. The fourth-order valence-corrected chi connectivity index (χ4v) is 3.28. The third-order valence-electron chi connectivity index (χ3n) is 4.18. The lowest BCUT2D eigenvalue weighted by Crippen LogP contribution is -2.23. The van der Waals surface area contributed by atoms with Crippen molar-refractivity contribution in [2.75, 3.05) is 0 Å². The van der Waals surface area contributed by atoms with Crippen molar-refractivity contribution in [2.45, 2.75) is 13.0 Å². The fraction of sp³-hybridized carbons (Fsp3) is 0.0909. The second kappa shape index (κ2) is 9.23. The molecule has 0 saturated heterocycles. The summed E-state index contributed by atoms with van der Waals surface area (Å²) in [5.41, 5.74) is 2.16. The molecule has 0 aliphatic heterocycles. The zero-order chi connectivity index (χ0) is 20.8. The van der Waals surface area contributed by atoms with Crippen LogP contribution in [0.15, 0.2) is 72.9 Å². The highest BCUT2D eigenvalue weighted by atomic mass is 32.1. The Labute approximate surface area is 176 Å². The lowest BCUT2D eigenvalue weighted by molar-refractivity contribution is 0.0950. The minimum Gasteiger partial charge on any atom is -0.430 e. The van der Waals surface area contributed by atoms with Gasteiger partial charge in [-0.2, -0.15) is 9.36 Å². The second-order valence-electron chi connectivity index (χ2n) is 6.41. The number of nitrogens with zero attached hydrogens (tertiary/aromatic N) is 3. The highest BCUT2D eigenvalue weighted by Gasteiger charge is 2.10. The summed E-state index contributed by atoms with van der Waals surface area (Å²) >= 11 is 1.12. The second-order valence-corrected chi connectivity index (χ2v) is 7.13. The van der Waals surface area contributed by atoms with Crippen molar-refractivity contribution in [1.82, 2.24) is 19.7 Å². The monoisotopic (exact) mass is 420 g/mol. The molecule has 4 rings (SSSR count). The summed E-state index contributed by atoms with van der Waals surface area (Å²) in [4.78, 5) is 20.9. The van der Waals surface area contributed by atoms with Gasteiger partial charge in [0.05, 0.1) is 12.2 Å². The normalized spacial score (nSPS) is 10.6. The SMILES string of the molecule is O=C(NCc1ccccn1)c1cccc(Oc2nc(Cc3ccc(F)cc3)ns2)c1. The first-order valence-corrected chi connectivity index (χ1v) is 9.96. The summed E-state index contributed by atoms with van der Waals surface area (Å²) in [5.74, 6) is 0.578. The number of carbonyl (C=O) groups excluding carboxylic acids is 1. The zero-order valence-corrected chi connectivity index (χ0v) is 16.6. The highest BCUT2D eigenvalue weighted by molar-refractivity contribution is 7.07. The van der Waals surface area contributed by atoms with Crippen molar-refractivity contribution < 1.29 is 13.9 Å². The van der Waals surface area contributed by atoms with Crippen LogP contribution in [0.2, 0.25) is 0 Å². The van der Waals surface area contributed by atoms with Crippen molar-refractivity contribution in [3.63, 3.8) is 0 Å². The van der Waals surface area contributed by atoms with E-state index in [-0.39, 0.29) is 11.7 Å². The Hall–Kier alpha value is -3.65. The summed E-state index contributed by atoms with van der Waals surface area (Å²) in [6.07, 6.45) is 2.17. The Bertz CT molecular complexity index is 1130. The number of rotatable bonds is 7. The van der Waals surface area contributed by atoms with Gasteiger partial charge in [0.1, 0.15) is 11.6 Å². The minimum absolute atomic E-state index is 0.222. The van der Waals surface area contributed by atoms with Crippen molar-refractivity contribution in [2.24, 2.45) is 0 Å². The number of aromatic nitrogens is 3. The zero-order valence-electron chi connectivity index (χ0n) is 15.8. The average molecular weight is 420 g/mol. The molecule has 150 valence electrons. The van der Waals surface area contributed by atoms with Crippen LogP contribution in [-0.2, 0) is 13.0 Å². The van der Waals surface area contributed by atoms with Gasteiger partial charge < -0.3 is 10.1 Å². The van der Waals surface area contributed by atoms with Crippen LogP contribution < -0.4 is 10.1 Å². The van der Waals surface area contributed by atoms with E-state index >= 15 is 0 Å². The third kappa shape index (κ3) is 5.24. The van der Waals surface area contributed by atoms with Gasteiger partial charge in [0, 0.05) is 29.7 Å². The summed E-state index contributed by atoms with van der Waals surface area (Å²) in [6.45, 7) is 0.341. The van der Waals surface area contributed by atoms with Gasteiger partial charge in [-0.15, -0.1) is 0 Å². The van der Waals surface area contributed by atoms with Gasteiger partial charge in [-0.3, -0.25) is 9.78 Å². The van der Waals surface area contributed by atoms with Crippen LogP contribution in [0.25, 0.3) is 0 Å². The molecule has 0 unspecified atom stereocenters. The molecule has 2 aromatic heterocycles. The Morgan fingerprint density at radius 2 is 1.93 bits per heavy atom. The number of pyridine rings is 1. The molecule has 0 aliphatic rings. The van der Waals surface area contributed by atoms with E-state index in [1.54, 1.807) is 42.6 Å². The molecule has 30 heavy (non-hydrogen) atoms. The molecule has 8 heteroatoms. The molecular weight excluding hydrogens is 403 g/mol. The minimum atomic E-state index is -0.280. The van der Waals surface area contributed by atoms with Gasteiger partial charge in [0.25, 0.3) is 11.1 Å². The third-order valence-corrected chi connectivity index (χ3v) is 4.82. The van der Waals surface area contributed by atoms with Crippen molar-refractivity contribution in [3.8, 4) is 10.9 Å². The van der Waals surface area contributed by atoms with Crippen LogP contribution >= 0.6 is 11.5 Å². The van der Waals surface area contributed by atoms with Gasteiger partial charge in [-0.05, 0) is 48.0 Å². The first-order valence-electron chi connectivity index (χ1n) is 9.19. The highest BCUT2D eigenvalue weighted by Crippen LogP contribution is 2.24. The van der Waals surface area contributed by atoms with E-state index < -0.39 is 0 Å². The van der Waals surface area contributed by atoms with E-state index in [4.69, 9.17) is 4.74 Å². The molecule has 2 aromatic carbocycles. The molecule has 0 aliphatic carbocycles. The Balaban J connectivity index is 1.37. The average Bonchev–Trinajstić information content (AvgIpc) is 3.21. The number of amides is 1. The number of benzene rings is 2.